The molecular formula is C15H20N2O3S. The zero-order valence-corrected chi connectivity index (χ0v) is 12.7. The molecule has 0 radical (unpaired) electrons. The SMILES string of the molecule is O=C(O)C1CCC(NC(=O)N2CCc3ccsc3C2)CC1. The van der Waals surface area contributed by atoms with E-state index in [1.54, 1.807) is 11.3 Å². The van der Waals surface area contributed by atoms with Crippen LogP contribution in [0.4, 0.5) is 4.79 Å². The maximum Gasteiger partial charge on any atom is 0.317 e. The van der Waals surface area contributed by atoms with Gasteiger partial charge in [0.05, 0.1) is 12.5 Å². The van der Waals surface area contributed by atoms with Crippen molar-refractivity contribution in [2.75, 3.05) is 6.54 Å². The highest BCUT2D eigenvalue weighted by atomic mass is 32.1. The Morgan fingerprint density at radius 2 is 2.05 bits per heavy atom. The number of carboxylic acid groups (broad SMARTS) is 1. The first-order valence-corrected chi connectivity index (χ1v) is 8.35. The van der Waals surface area contributed by atoms with E-state index in [2.05, 4.69) is 16.8 Å². The first-order chi connectivity index (χ1) is 10.1. The Hall–Kier alpha value is -1.56. The molecule has 2 N–H and O–H groups in total. The predicted octanol–water partition coefficient (Wildman–Crippen LogP) is 2.46. The fraction of sp³-hybridized carbons (Fsp3) is 0.600. The first kappa shape index (κ1) is 14.4. The third-order valence-electron chi connectivity index (χ3n) is 4.51. The van der Waals surface area contributed by atoms with E-state index in [1.165, 1.54) is 10.4 Å². The van der Waals surface area contributed by atoms with Gasteiger partial charge in [-0.1, -0.05) is 0 Å². The number of nitrogens with one attached hydrogen (secondary N) is 1. The normalized spacial score (nSPS) is 25.2. The van der Waals surface area contributed by atoms with E-state index in [1.807, 2.05) is 4.90 Å². The minimum absolute atomic E-state index is 0.00664. The van der Waals surface area contributed by atoms with E-state index in [0.29, 0.717) is 19.4 Å². The lowest BCUT2D eigenvalue weighted by Crippen LogP contribution is -2.47. The molecule has 0 aromatic carbocycles. The maximum absolute atomic E-state index is 12.3. The van der Waals surface area contributed by atoms with Gasteiger partial charge in [-0.3, -0.25) is 4.79 Å². The molecule has 0 unspecified atom stereocenters. The standard InChI is InChI=1S/C15H20N2O3S/c18-14(19)11-1-3-12(4-2-11)16-15(20)17-7-5-10-6-8-21-13(10)9-17/h6,8,11-12H,1-5,7,9H2,(H,16,20)(H,18,19). The van der Waals surface area contributed by atoms with Gasteiger partial charge >= 0.3 is 12.0 Å². The number of thiophene rings is 1. The number of carboxylic acids is 1. The summed E-state index contributed by atoms with van der Waals surface area (Å²) in [6.07, 6.45) is 3.78. The summed E-state index contributed by atoms with van der Waals surface area (Å²) in [4.78, 5) is 26.4. The molecule has 1 fully saturated rings. The highest BCUT2D eigenvalue weighted by Gasteiger charge is 2.28. The van der Waals surface area contributed by atoms with Gasteiger partial charge in [-0.15, -0.1) is 11.3 Å². The van der Waals surface area contributed by atoms with Gasteiger partial charge in [-0.2, -0.15) is 0 Å². The smallest absolute Gasteiger partial charge is 0.317 e. The number of rotatable bonds is 2. The van der Waals surface area contributed by atoms with Gasteiger partial charge in [0.15, 0.2) is 0 Å². The lowest BCUT2D eigenvalue weighted by atomic mass is 9.86. The molecule has 0 atom stereocenters. The molecule has 114 valence electrons. The van der Waals surface area contributed by atoms with Gasteiger partial charge in [0.25, 0.3) is 0 Å². The van der Waals surface area contributed by atoms with Crippen LogP contribution in [0.2, 0.25) is 0 Å². The van der Waals surface area contributed by atoms with Crippen LogP contribution in [-0.2, 0) is 17.8 Å². The van der Waals surface area contributed by atoms with Crippen molar-refractivity contribution in [3.8, 4) is 0 Å². The largest absolute Gasteiger partial charge is 0.481 e. The van der Waals surface area contributed by atoms with Crippen LogP contribution in [0, 0.1) is 5.92 Å². The number of amides is 2. The maximum atomic E-state index is 12.3. The van der Waals surface area contributed by atoms with Gasteiger partial charge < -0.3 is 15.3 Å². The molecule has 2 aliphatic rings. The molecule has 6 heteroatoms. The molecule has 1 aromatic heterocycles. The Morgan fingerprint density at radius 1 is 1.29 bits per heavy atom. The molecule has 0 bridgehead atoms. The molecule has 3 rings (SSSR count). The molecular weight excluding hydrogens is 288 g/mol. The van der Waals surface area contributed by atoms with Gasteiger partial charge in [0.2, 0.25) is 0 Å². The van der Waals surface area contributed by atoms with Gasteiger partial charge in [-0.05, 0) is 49.1 Å². The zero-order valence-electron chi connectivity index (χ0n) is 11.9. The lowest BCUT2D eigenvalue weighted by molar-refractivity contribution is -0.142. The number of carbonyl (C=O) groups excluding carboxylic acids is 1. The van der Waals surface area contributed by atoms with E-state index >= 15 is 0 Å². The summed E-state index contributed by atoms with van der Waals surface area (Å²) in [5.74, 6) is -0.942. The van der Waals surface area contributed by atoms with Crippen molar-refractivity contribution in [3.63, 3.8) is 0 Å². The highest BCUT2D eigenvalue weighted by molar-refractivity contribution is 7.10. The Bertz CT molecular complexity index is 535. The van der Waals surface area contributed by atoms with Crippen molar-refractivity contribution in [1.29, 1.82) is 0 Å². The minimum Gasteiger partial charge on any atom is -0.481 e. The number of hydrogen-bond acceptors (Lipinski definition) is 3. The van der Waals surface area contributed by atoms with E-state index in [-0.39, 0.29) is 18.0 Å². The number of fused-ring (bicyclic) bond motifs is 1. The summed E-state index contributed by atoms with van der Waals surface area (Å²) in [6.45, 7) is 1.46. The Kier molecular flexibility index (Phi) is 4.14. The number of carbonyl (C=O) groups is 2. The van der Waals surface area contributed by atoms with Crippen molar-refractivity contribution in [2.24, 2.45) is 5.92 Å². The molecule has 5 nitrogen and oxygen atoms in total. The zero-order chi connectivity index (χ0) is 14.8. The summed E-state index contributed by atoms with van der Waals surface area (Å²) in [7, 11) is 0. The number of urea groups is 1. The molecule has 0 saturated heterocycles. The van der Waals surface area contributed by atoms with Gasteiger partial charge in [0.1, 0.15) is 0 Å². The third-order valence-corrected chi connectivity index (χ3v) is 5.46. The van der Waals surface area contributed by atoms with Gasteiger partial charge in [0, 0.05) is 17.5 Å². The average Bonchev–Trinajstić information content (AvgIpc) is 2.95. The van der Waals surface area contributed by atoms with Crippen LogP contribution < -0.4 is 5.32 Å². The second-order valence-corrected chi connectivity index (χ2v) is 6.88. The van der Waals surface area contributed by atoms with Crippen molar-refractivity contribution >= 4 is 23.3 Å². The van der Waals surface area contributed by atoms with E-state index < -0.39 is 5.97 Å². The monoisotopic (exact) mass is 308 g/mol. The second kappa shape index (κ2) is 6.05. The van der Waals surface area contributed by atoms with Crippen LogP contribution in [0.5, 0.6) is 0 Å². The lowest BCUT2D eigenvalue weighted by Gasteiger charge is -2.31. The fourth-order valence-corrected chi connectivity index (χ4v) is 4.11. The van der Waals surface area contributed by atoms with Crippen molar-refractivity contribution in [2.45, 2.75) is 44.7 Å². The third kappa shape index (κ3) is 3.20. The molecule has 0 spiro atoms. The fourth-order valence-electron chi connectivity index (χ4n) is 3.16. The number of aliphatic carboxylic acids is 1. The second-order valence-electron chi connectivity index (χ2n) is 5.88. The number of hydrogen-bond donors (Lipinski definition) is 2. The van der Waals surface area contributed by atoms with Crippen LogP contribution in [0.3, 0.4) is 0 Å². The summed E-state index contributed by atoms with van der Waals surface area (Å²) < 4.78 is 0. The molecule has 1 aliphatic heterocycles. The quantitative estimate of drug-likeness (QED) is 0.881. The van der Waals surface area contributed by atoms with Crippen LogP contribution in [-0.4, -0.2) is 34.6 Å². The Morgan fingerprint density at radius 3 is 2.76 bits per heavy atom. The Balaban J connectivity index is 1.50. The van der Waals surface area contributed by atoms with Crippen LogP contribution in [0.25, 0.3) is 0 Å². The van der Waals surface area contributed by atoms with Crippen molar-refractivity contribution in [1.82, 2.24) is 10.2 Å². The summed E-state index contributed by atoms with van der Waals surface area (Å²) in [5.41, 5.74) is 1.37. The molecule has 2 heterocycles. The minimum atomic E-state index is -0.707. The average molecular weight is 308 g/mol. The van der Waals surface area contributed by atoms with Gasteiger partial charge in [-0.25, -0.2) is 4.79 Å². The summed E-state index contributed by atoms with van der Waals surface area (Å²) in [6, 6.07) is 2.26. The van der Waals surface area contributed by atoms with E-state index in [4.69, 9.17) is 5.11 Å². The summed E-state index contributed by atoms with van der Waals surface area (Å²) >= 11 is 1.71. The topological polar surface area (TPSA) is 69.6 Å². The van der Waals surface area contributed by atoms with Crippen molar-refractivity contribution < 1.29 is 14.7 Å². The molecule has 2 amide bonds. The van der Waals surface area contributed by atoms with Crippen molar-refractivity contribution in [3.05, 3.63) is 21.9 Å². The van der Waals surface area contributed by atoms with Crippen LogP contribution >= 0.6 is 11.3 Å². The highest BCUT2D eigenvalue weighted by Crippen LogP contribution is 2.26. The van der Waals surface area contributed by atoms with Crippen LogP contribution in [0.1, 0.15) is 36.1 Å². The predicted molar refractivity (Wildman–Crippen MR) is 80.3 cm³/mol. The van der Waals surface area contributed by atoms with E-state index in [0.717, 1.165) is 25.8 Å². The van der Waals surface area contributed by atoms with Crippen LogP contribution in [0.15, 0.2) is 11.4 Å². The molecule has 1 aliphatic carbocycles. The molecule has 1 saturated carbocycles. The number of nitrogens with zero attached hydrogens (tertiary/aromatic N) is 1. The molecule has 21 heavy (non-hydrogen) atoms. The first-order valence-electron chi connectivity index (χ1n) is 7.47. The Labute approximate surface area is 128 Å². The summed E-state index contributed by atoms with van der Waals surface area (Å²) in [5, 5.41) is 14.1. The molecule has 1 aromatic rings. The van der Waals surface area contributed by atoms with E-state index in [9.17, 15) is 9.59 Å².